The van der Waals surface area contributed by atoms with E-state index in [4.69, 9.17) is 5.73 Å². The van der Waals surface area contributed by atoms with Crippen molar-refractivity contribution in [2.45, 2.75) is 25.1 Å². The van der Waals surface area contributed by atoms with E-state index in [1.807, 2.05) is 6.92 Å². The van der Waals surface area contributed by atoms with Crippen LogP contribution in [0.3, 0.4) is 0 Å². The van der Waals surface area contributed by atoms with Crippen LogP contribution in [0.4, 0.5) is 5.69 Å². The van der Waals surface area contributed by atoms with Gasteiger partial charge in [-0.1, -0.05) is 19.1 Å². The molecule has 0 saturated heterocycles. The highest BCUT2D eigenvalue weighted by atomic mass is 79.9. The molecule has 6 nitrogen and oxygen atoms in total. The Hall–Kier alpha value is -0.990. The van der Waals surface area contributed by atoms with Gasteiger partial charge in [-0.2, -0.15) is 0 Å². The zero-order valence-electron chi connectivity index (χ0n) is 10.4. The minimum atomic E-state index is -3.39. The smallest absolute Gasteiger partial charge is 0.283 e. The van der Waals surface area contributed by atoms with Crippen LogP contribution in [0.5, 0.6) is 0 Å². The van der Waals surface area contributed by atoms with Crippen LogP contribution in [0.25, 0.3) is 0 Å². The Kier molecular flexibility index (Phi) is 5.45. The molecule has 106 valence electrons. The number of halogens is 1. The molecule has 0 bridgehead atoms. The first kappa shape index (κ1) is 16.1. The summed E-state index contributed by atoms with van der Waals surface area (Å²) in [6.45, 7) is 1.81. The molecule has 0 saturated carbocycles. The summed E-state index contributed by atoms with van der Waals surface area (Å²) in [7, 11) is -3.39. The number of nitro groups is 1. The summed E-state index contributed by atoms with van der Waals surface area (Å²) < 4.78 is 24.1. The molecule has 0 heterocycles. The molecule has 0 aliphatic rings. The Labute approximate surface area is 120 Å². The second-order valence-corrected chi connectivity index (χ2v) is 7.13. The first-order chi connectivity index (χ1) is 8.76. The number of nitrogens with zero attached hydrogens (tertiary/aromatic N) is 1. The molecule has 0 spiro atoms. The third-order valence-electron chi connectivity index (χ3n) is 2.62. The highest BCUT2D eigenvalue weighted by Crippen LogP contribution is 2.29. The lowest BCUT2D eigenvalue weighted by Crippen LogP contribution is -2.29. The van der Waals surface area contributed by atoms with Crippen LogP contribution < -0.4 is 5.73 Å². The Morgan fingerprint density at radius 3 is 2.63 bits per heavy atom. The maximum atomic E-state index is 11.9. The zero-order chi connectivity index (χ0) is 14.6. The lowest BCUT2D eigenvalue weighted by atomic mass is 10.2. The molecule has 1 rings (SSSR count). The third kappa shape index (κ3) is 4.55. The van der Waals surface area contributed by atoms with Crippen molar-refractivity contribution in [2.24, 2.45) is 5.73 Å². The largest absolute Gasteiger partial charge is 0.327 e. The van der Waals surface area contributed by atoms with Crippen molar-refractivity contribution < 1.29 is 13.3 Å². The molecule has 1 aromatic carbocycles. The molecular formula is C11H15BrN2O4S. The fourth-order valence-electron chi connectivity index (χ4n) is 1.56. The van der Waals surface area contributed by atoms with Crippen molar-refractivity contribution in [2.75, 3.05) is 5.75 Å². The van der Waals surface area contributed by atoms with E-state index in [-0.39, 0.29) is 21.7 Å². The highest BCUT2D eigenvalue weighted by molar-refractivity contribution is 9.10. The Morgan fingerprint density at radius 2 is 2.11 bits per heavy atom. The molecular weight excluding hydrogens is 336 g/mol. The molecule has 1 atom stereocenters. The standard InChI is InChI=1S/C11H15BrN2O4S/c1-2-9(13)7-19(17,18)6-8-4-3-5-10(11(8)12)14(15)16/h3-5,9H,2,6-7,13H2,1H3. The van der Waals surface area contributed by atoms with Gasteiger partial charge in [-0.15, -0.1) is 0 Å². The van der Waals surface area contributed by atoms with Gasteiger partial charge in [0.25, 0.3) is 5.69 Å². The van der Waals surface area contributed by atoms with Crippen LogP contribution >= 0.6 is 15.9 Å². The molecule has 8 heteroatoms. The summed E-state index contributed by atoms with van der Waals surface area (Å²) >= 11 is 3.08. The maximum absolute atomic E-state index is 11.9. The van der Waals surface area contributed by atoms with Gasteiger partial charge in [0.1, 0.15) is 0 Å². The maximum Gasteiger partial charge on any atom is 0.283 e. The average Bonchev–Trinajstić information content (AvgIpc) is 2.30. The van der Waals surface area contributed by atoms with Gasteiger partial charge < -0.3 is 5.73 Å². The zero-order valence-corrected chi connectivity index (χ0v) is 12.8. The number of nitro benzene ring substituents is 1. The van der Waals surface area contributed by atoms with Crippen molar-refractivity contribution in [3.8, 4) is 0 Å². The molecule has 2 N–H and O–H groups in total. The second kappa shape index (κ2) is 6.44. The van der Waals surface area contributed by atoms with E-state index in [2.05, 4.69) is 15.9 Å². The second-order valence-electron chi connectivity index (χ2n) is 4.23. The van der Waals surface area contributed by atoms with Gasteiger partial charge in [-0.05, 0) is 27.9 Å². The van der Waals surface area contributed by atoms with Crippen LogP contribution in [0.15, 0.2) is 22.7 Å². The lowest BCUT2D eigenvalue weighted by Gasteiger charge is -2.10. The normalized spacial score (nSPS) is 13.2. The van der Waals surface area contributed by atoms with E-state index in [1.165, 1.54) is 12.1 Å². The predicted molar refractivity (Wildman–Crippen MR) is 76.6 cm³/mol. The number of hydrogen-bond donors (Lipinski definition) is 1. The quantitative estimate of drug-likeness (QED) is 0.624. The minimum absolute atomic E-state index is 0.126. The van der Waals surface area contributed by atoms with Crippen LogP contribution in [-0.4, -0.2) is 25.1 Å². The monoisotopic (exact) mass is 350 g/mol. The van der Waals surface area contributed by atoms with Crippen LogP contribution in [0.1, 0.15) is 18.9 Å². The Morgan fingerprint density at radius 1 is 1.47 bits per heavy atom. The van der Waals surface area contributed by atoms with Crippen LogP contribution in [0, 0.1) is 10.1 Å². The SMILES string of the molecule is CCC(N)CS(=O)(=O)Cc1cccc([N+](=O)[O-])c1Br. The first-order valence-corrected chi connectivity index (χ1v) is 8.26. The summed E-state index contributed by atoms with van der Waals surface area (Å²) in [5.41, 5.74) is 5.86. The summed E-state index contributed by atoms with van der Waals surface area (Å²) in [4.78, 5) is 10.2. The molecule has 19 heavy (non-hydrogen) atoms. The summed E-state index contributed by atoms with van der Waals surface area (Å²) in [5.74, 6) is -0.387. The topological polar surface area (TPSA) is 103 Å². The molecule has 1 aromatic rings. The first-order valence-electron chi connectivity index (χ1n) is 5.64. The highest BCUT2D eigenvalue weighted by Gasteiger charge is 2.21. The van der Waals surface area contributed by atoms with E-state index in [1.54, 1.807) is 6.07 Å². The Bertz CT molecular complexity index is 574. The minimum Gasteiger partial charge on any atom is -0.327 e. The van der Waals surface area contributed by atoms with E-state index >= 15 is 0 Å². The van der Waals surface area contributed by atoms with Gasteiger partial charge in [0.15, 0.2) is 9.84 Å². The summed E-state index contributed by atoms with van der Waals surface area (Å²) in [5, 5.41) is 10.8. The number of nitrogens with two attached hydrogens (primary N) is 1. The van der Waals surface area contributed by atoms with Crippen LogP contribution in [0.2, 0.25) is 0 Å². The van der Waals surface area contributed by atoms with Crippen molar-refractivity contribution in [3.63, 3.8) is 0 Å². The van der Waals surface area contributed by atoms with Gasteiger partial charge in [-0.25, -0.2) is 8.42 Å². The van der Waals surface area contributed by atoms with Crippen molar-refractivity contribution in [1.29, 1.82) is 0 Å². The van der Waals surface area contributed by atoms with Gasteiger partial charge >= 0.3 is 0 Å². The lowest BCUT2D eigenvalue weighted by molar-refractivity contribution is -0.385. The molecule has 0 aromatic heterocycles. The summed E-state index contributed by atoms with van der Waals surface area (Å²) in [6, 6.07) is 3.92. The number of hydrogen-bond acceptors (Lipinski definition) is 5. The fourth-order valence-corrected chi connectivity index (χ4v) is 4.01. The average molecular weight is 351 g/mol. The predicted octanol–water partition coefficient (Wildman–Crippen LogP) is 2.01. The Balaban J connectivity index is 3.00. The van der Waals surface area contributed by atoms with Crippen molar-refractivity contribution in [3.05, 3.63) is 38.3 Å². The molecule has 0 amide bonds. The van der Waals surface area contributed by atoms with Crippen LogP contribution in [-0.2, 0) is 15.6 Å². The van der Waals surface area contributed by atoms with E-state index in [0.29, 0.717) is 12.0 Å². The molecule has 0 aliphatic carbocycles. The van der Waals surface area contributed by atoms with Crippen molar-refractivity contribution >= 4 is 31.5 Å². The number of rotatable bonds is 6. The van der Waals surface area contributed by atoms with Gasteiger partial charge in [0.2, 0.25) is 0 Å². The van der Waals surface area contributed by atoms with E-state index in [0.717, 1.165) is 0 Å². The molecule has 0 radical (unpaired) electrons. The van der Waals surface area contributed by atoms with E-state index in [9.17, 15) is 18.5 Å². The van der Waals surface area contributed by atoms with Gasteiger partial charge in [0.05, 0.1) is 20.9 Å². The number of sulfone groups is 1. The molecule has 0 aliphatic heterocycles. The number of benzene rings is 1. The van der Waals surface area contributed by atoms with E-state index < -0.39 is 20.8 Å². The van der Waals surface area contributed by atoms with Crippen molar-refractivity contribution in [1.82, 2.24) is 0 Å². The molecule has 0 fully saturated rings. The fraction of sp³-hybridized carbons (Fsp3) is 0.455. The third-order valence-corrected chi connectivity index (χ3v) is 5.23. The molecule has 1 unspecified atom stereocenters. The summed E-state index contributed by atoms with van der Waals surface area (Å²) in [6.07, 6.45) is 0.565. The van der Waals surface area contributed by atoms with Gasteiger partial charge in [0, 0.05) is 12.1 Å². The van der Waals surface area contributed by atoms with Gasteiger partial charge in [-0.3, -0.25) is 10.1 Å².